The van der Waals surface area contributed by atoms with E-state index in [1.165, 1.54) is 0 Å². The Kier molecular flexibility index (Phi) is 1.69. The first-order valence-corrected chi connectivity index (χ1v) is 2.85. The first-order chi connectivity index (χ1) is 4.91. The van der Waals surface area contributed by atoms with E-state index in [1.807, 2.05) is 0 Å². The van der Waals surface area contributed by atoms with Gasteiger partial charge in [-0.15, -0.1) is 0 Å². The van der Waals surface area contributed by atoms with Gasteiger partial charge in [0, 0.05) is 0 Å². The lowest BCUT2D eigenvalue weighted by Gasteiger charge is -2.13. The van der Waals surface area contributed by atoms with Crippen molar-refractivity contribution in [2.24, 2.45) is 0 Å². The smallest absolute Gasteiger partial charge is 0.427 e. The molecule has 0 bridgehead atoms. The largest absolute Gasteiger partial charge is 0.509 e. The van der Waals surface area contributed by atoms with Crippen LogP contribution in [0.4, 0.5) is 18.0 Å². The Morgan fingerprint density at radius 2 is 1.91 bits per heavy atom. The molecule has 1 aliphatic heterocycles. The Labute approximate surface area is 60.1 Å². The van der Waals surface area contributed by atoms with E-state index < -0.39 is 24.5 Å². The van der Waals surface area contributed by atoms with E-state index in [4.69, 9.17) is 0 Å². The summed E-state index contributed by atoms with van der Waals surface area (Å²) in [6.45, 7) is 1.13. The van der Waals surface area contributed by atoms with E-state index in [-0.39, 0.29) is 0 Å². The van der Waals surface area contributed by atoms with Crippen molar-refractivity contribution in [2.75, 3.05) is 0 Å². The Balaban J connectivity index is 2.67. The van der Waals surface area contributed by atoms with Crippen LogP contribution in [0.15, 0.2) is 0 Å². The number of hydrogen-bond acceptors (Lipinski definition) is 3. The number of ether oxygens (including phenoxy) is 2. The van der Waals surface area contributed by atoms with Crippen molar-refractivity contribution in [2.45, 2.75) is 25.3 Å². The third-order valence-corrected chi connectivity index (χ3v) is 1.25. The Morgan fingerprint density at radius 1 is 1.36 bits per heavy atom. The number of cyclic esters (lactones) is 2. The van der Waals surface area contributed by atoms with Crippen molar-refractivity contribution in [1.29, 1.82) is 0 Å². The van der Waals surface area contributed by atoms with Crippen LogP contribution in [0.1, 0.15) is 6.92 Å². The lowest BCUT2D eigenvalue weighted by molar-refractivity contribution is -0.201. The maximum atomic E-state index is 11.8. The third kappa shape index (κ3) is 1.55. The molecule has 0 saturated carbocycles. The van der Waals surface area contributed by atoms with Crippen molar-refractivity contribution in [3.8, 4) is 0 Å². The van der Waals surface area contributed by atoms with Gasteiger partial charge in [-0.25, -0.2) is 4.79 Å². The summed E-state index contributed by atoms with van der Waals surface area (Å²) in [7, 11) is 0. The molecule has 64 valence electrons. The van der Waals surface area contributed by atoms with Crippen molar-refractivity contribution in [3.63, 3.8) is 0 Å². The molecule has 2 atom stereocenters. The molecule has 1 saturated heterocycles. The minimum atomic E-state index is -4.54. The van der Waals surface area contributed by atoms with Crippen LogP contribution in [-0.4, -0.2) is 24.5 Å². The fourth-order valence-electron chi connectivity index (χ4n) is 0.774. The van der Waals surface area contributed by atoms with E-state index in [1.54, 1.807) is 0 Å². The molecule has 0 aromatic rings. The molecular weight excluding hydrogens is 165 g/mol. The maximum Gasteiger partial charge on any atom is 0.509 e. The number of carbonyl (C=O) groups is 1. The lowest BCUT2D eigenvalue weighted by Crippen LogP contribution is -2.35. The van der Waals surface area contributed by atoms with E-state index in [2.05, 4.69) is 9.47 Å². The van der Waals surface area contributed by atoms with Crippen LogP contribution in [0, 0.1) is 0 Å². The predicted octanol–water partition coefficient (Wildman–Crippen LogP) is 1.47. The molecule has 1 fully saturated rings. The molecule has 0 unspecified atom stereocenters. The highest BCUT2D eigenvalue weighted by Gasteiger charge is 2.52. The normalized spacial score (nSPS) is 31.5. The molecule has 1 heterocycles. The molecule has 1 rings (SSSR count). The number of alkyl halides is 3. The highest BCUT2D eigenvalue weighted by atomic mass is 19.4. The van der Waals surface area contributed by atoms with Crippen LogP contribution in [0.25, 0.3) is 0 Å². The van der Waals surface area contributed by atoms with Gasteiger partial charge in [0.1, 0.15) is 6.10 Å². The van der Waals surface area contributed by atoms with Crippen LogP contribution in [0.5, 0.6) is 0 Å². The van der Waals surface area contributed by atoms with Crippen molar-refractivity contribution in [1.82, 2.24) is 0 Å². The van der Waals surface area contributed by atoms with Crippen LogP contribution in [-0.2, 0) is 9.47 Å². The van der Waals surface area contributed by atoms with Crippen molar-refractivity contribution >= 4 is 6.16 Å². The Morgan fingerprint density at radius 3 is 2.09 bits per heavy atom. The maximum absolute atomic E-state index is 11.8. The zero-order chi connectivity index (χ0) is 8.65. The average molecular weight is 170 g/mol. The van der Waals surface area contributed by atoms with Gasteiger partial charge >= 0.3 is 12.3 Å². The SMILES string of the molecule is C[C@@H]1OC(=O)O[C@H]1C(F)(F)F. The Hall–Kier alpha value is -0.940. The van der Waals surface area contributed by atoms with E-state index in [0.29, 0.717) is 0 Å². The van der Waals surface area contributed by atoms with Gasteiger partial charge in [-0.3, -0.25) is 0 Å². The van der Waals surface area contributed by atoms with Gasteiger partial charge in [0.15, 0.2) is 0 Å². The molecule has 0 aliphatic carbocycles. The standard InChI is InChI=1S/C5H5F3O3/c1-2-3(5(6,7)8)11-4(9)10-2/h2-3H,1H3/t2-,3+/m0/s1. The molecule has 0 aromatic carbocycles. The minimum Gasteiger partial charge on any atom is -0.427 e. The average Bonchev–Trinajstić information content (AvgIpc) is 2.08. The topological polar surface area (TPSA) is 35.5 Å². The van der Waals surface area contributed by atoms with E-state index >= 15 is 0 Å². The third-order valence-electron chi connectivity index (χ3n) is 1.25. The molecule has 0 aromatic heterocycles. The summed E-state index contributed by atoms with van der Waals surface area (Å²) in [5.41, 5.74) is 0. The molecule has 1 aliphatic rings. The molecule has 3 nitrogen and oxygen atoms in total. The summed E-state index contributed by atoms with van der Waals surface area (Å²) >= 11 is 0. The second-order valence-corrected chi connectivity index (χ2v) is 2.15. The fourth-order valence-corrected chi connectivity index (χ4v) is 0.774. The highest BCUT2D eigenvalue weighted by molar-refractivity contribution is 5.62. The summed E-state index contributed by atoms with van der Waals surface area (Å²) in [4.78, 5) is 10.2. The fraction of sp³-hybridized carbons (Fsp3) is 0.800. The molecule has 6 heteroatoms. The summed E-state index contributed by atoms with van der Waals surface area (Å²) < 4.78 is 43.5. The van der Waals surface area contributed by atoms with Gasteiger partial charge < -0.3 is 9.47 Å². The minimum absolute atomic E-state index is 1.13. The molecular formula is C5H5F3O3. The van der Waals surface area contributed by atoms with Crippen molar-refractivity contribution < 1.29 is 27.4 Å². The molecule has 0 N–H and O–H groups in total. The summed E-state index contributed by atoms with van der Waals surface area (Å²) in [6, 6.07) is 0. The second kappa shape index (κ2) is 2.28. The number of carbonyl (C=O) groups excluding carboxylic acids is 1. The van der Waals surface area contributed by atoms with Crippen LogP contribution >= 0.6 is 0 Å². The van der Waals surface area contributed by atoms with Gasteiger partial charge in [0.25, 0.3) is 0 Å². The zero-order valence-corrected chi connectivity index (χ0v) is 5.51. The molecule has 0 amide bonds. The lowest BCUT2D eigenvalue weighted by atomic mass is 10.2. The van der Waals surface area contributed by atoms with E-state index in [9.17, 15) is 18.0 Å². The quantitative estimate of drug-likeness (QED) is 0.516. The van der Waals surface area contributed by atoms with Crippen molar-refractivity contribution in [3.05, 3.63) is 0 Å². The van der Waals surface area contributed by atoms with Crippen LogP contribution in [0.3, 0.4) is 0 Å². The number of halogens is 3. The first kappa shape index (κ1) is 8.16. The summed E-state index contributed by atoms with van der Waals surface area (Å²) in [5.74, 6) is 0. The monoisotopic (exact) mass is 170 g/mol. The first-order valence-electron chi connectivity index (χ1n) is 2.85. The van der Waals surface area contributed by atoms with Crippen LogP contribution < -0.4 is 0 Å². The van der Waals surface area contributed by atoms with Gasteiger partial charge in [0.05, 0.1) is 0 Å². The molecule has 0 radical (unpaired) electrons. The summed E-state index contributed by atoms with van der Waals surface area (Å²) in [6.07, 6.45) is -9.16. The highest BCUT2D eigenvalue weighted by Crippen LogP contribution is 2.30. The zero-order valence-electron chi connectivity index (χ0n) is 5.51. The Bertz CT molecular complexity index is 176. The van der Waals surface area contributed by atoms with Gasteiger partial charge in [-0.2, -0.15) is 13.2 Å². The van der Waals surface area contributed by atoms with Gasteiger partial charge in [-0.05, 0) is 6.92 Å². The predicted molar refractivity (Wildman–Crippen MR) is 26.9 cm³/mol. The number of rotatable bonds is 0. The second-order valence-electron chi connectivity index (χ2n) is 2.15. The molecule has 0 spiro atoms. The van der Waals surface area contributed by atoms with Gasteiger partial charge in [-0.1, -0.05) is 0 Å². The van der Waals surface area contributed by atoms with E-state index in [0.717, 1.165) is 6.92 Å². The molecule has 11 heavy (non-hydrogen) atoms. The summed E-state index contributed by atoms with van der Waals surface area (Å²) in [5, 5.41) is 0. The van der Waals surface area contributed by atoms with Crippen LogP contribution in [0.2, 0.25) is 0 Å². The van der Waals surface area contributed by atoms with Gasteiger partial charge in [0.2, 0.25) is 6.10 Å². The number of hydrogen-bond donors (Lipinski definition) is 0.